The van der Waals surface area contributed by atoms with Crippen LogP contribution in [0.25, 0.3) is 0 Å². The van der Waals surface area contributed by atoms with Gasteiger partial charge in [0.25, 0.3) is 0 Å². The smallest absolute Gasteiger partial charge is 0.302 e. The number of piperazine rings is 1. The van der Waals surface area contributed by atoms with E-state index in [9.17, 15) is 14.4 Å². The topological polar surface area (TPSA) is 66.9 Å². The predicted molar refractivity (Wildman–Crippen MR) is 167 cm³/mol. The molecule has 234 valence electrons. The van der Waals surface area contributed by atoms with Gasteiger partial charge in [0.05, 0.1) is 0 Å². The van der Waals surface area contributed by atoms with Crippen molar-refractivity contribution in [2.24, 2.45) is 23.2 Å². The van der Waals surface area contributed by atoms with Gasteiger partial charge in [-0.2, -0.15) is 0 Å². The second-order valence-corrected chi connectivity index (χ2v) is 14.5. The van der Waals surface area contributed by atoms with Crippen molar-refractivity contribution in [3.05, 3.63) is 22.8 Å². The van der Waals surface area contributed by atoms with E-state index in [4.69, 9.17) is 4.74 Å². The summed E-state index contributed by atoms with van der Waals surface area (Å²) in [5.41, 5.74) is 4.66. The minimum Gasteiger partial charge on any atom is -0.462 e. The molecule has 0 N–H and O–H groups in total. The van der Waals surface area contributed by atoms with Gasteiger partial charge < -0.3 is 14.5 Å². The quantitative estimate of drug-likeness (QED) is 0.183. The van der Waals surface area contributed by atoms with Gasteiger partial charge >= 0.3 is 5.97 Å². The third-order valence-electron chi connectivity index (χ3n) is 11.6. The number of likely N-dealkylation sites (N-methyl/N-ethyl adjacent to an activating group) is 1. The van der Waals surface area contributed by atoms with Gasteiger partial charge in [-0.3, -0.25) is 14.4 Å². The molecule has 0 aromatic heterocycles. The first-order valence-electron chi connectivity index (χ1n) is 17.4. The van der Waals surface area contributed by atoms with Crippen LogP contribution in [0, 0.1) is 23.2 Å². The van der Waals surface area contributed by atoms with Gasteiger partial charge in [-0.05, 0) is 93.4 Å². The molecule has 5 rings (SSSR count). The predicted octanol–water partition coefficient (Wildman–Crippen LogP) is 7.03. The highest BCUT2D eigenvalue weighted by Gasteiger charge is 2.57. The lowest BCUT2D eigenvalue weighted by atomic mass is 9.53. The zero-order chi connectivity index (χ0) is 29.7. The molecule has 6 heteroatoms. The van der Waals surface area contributed by atoms with Crippen molar-refractivity contribution in [2.75, 3.05) is 33.2 Å². The second kappa shape index (κ2) is 14.2. The Kier molecular flexibility index (Phi) is 10.7. The zero-order valence-corrected chi connectivity index (χ0v) is 26.8. The summed E-state index contributed by atoms with van der Waals surface area (Å²) in [6.07, 6.45) is 20.9. The summed E-state index contributed by atoms with van der Waals surface area (Å²) >= 11 is 0. The second-order valence-electron chi connectivity index (χ2n) is 14.5. The van der Waals surface area contributed by atoms with E-state index in [0.29, 0.717) is 42.3 Å². The molecule has 0 spiro atoms. The molecule has 1 aliphatic heterocycles. The molecule has 1 saturated heterocycles. The van der Waals surface area contributed by atoms with E-state index in [-0.39, 0.29) is 17.5 Å². The standard InChI is InChI=1S/C36H56N2O4/c1-26(39)42-33-19-18-32-31-16-14-27-24-29(40)15-17-30(27)35(31)28(25-36(32,33)2)12-10-8-6-4-5-7-9-11-13-34(41)38-22-20-37(3)21-23-38/h24,28,31-33H,4-23,25H2,1-3H3/t28-,31?,32?,33-,36-/m0/s1. The van der Waals surface area contributed by atoms with Crippen LogP contribution in [0.3, 0.4) is 0 Å². The number of carbonyl (C=O) groups is 3. The summed E-state index contributed by atoms with van der Waals surface area (Å²) in [4.78, 5) is 41.0. The van der Waals surface area contributed by atoms with Crippen LogP contribution < -0.4 is 0 Å². The monoisotopic (exact) mass is 580 g/mol. The Bertz CT molecular complexity index is 1050. The number of nitrogens with zero attached hydrogens (tertiary/aromatic N) is 2. The van der Waals surface area contributed by atoms with Gasteiger partial charge in [0.2, 0.25) is 5.91 Å². The van der Waals surface area contributed by atoms with Crippen molar-refractivity contribution in [3.63, 3.8) is 0 Å². The number of unbranched alkanes of at least 4 members (excludes halogenated alkanes) is 7. The molecule has 2 unspecified atom stereocenters. The van der Waals surface area contributed by atoms with Crippen molar-refractivity contribution < 1.29 is 19.1 Å². The summed E-state index contributed by atoms with van der Waals surface area (Å²) in [7, 11) is 2.13. The molecule has 0 bridgehead atoms. The van der Waals surface area contributed by atoms with Crippen molar-refractivity contribution in [1.29, 1.82) is 0 Å². The van der Waals surface area contributed by atoms with E-state index in [1.54, 1.807) is 18.1 Å². The Hall–Kier alpha value is -1.95. The van der Waals surface area contributed by atoms with Crippen molar-refractivity contribution in [1.82, 2.24) is 9.80 Å². The molecule has 6 nitrogen and oxygen atoms in total. The highest BCUT2D eigenvalue weighted by Crippen LogP contribution is 2.63. The lowest BCUT2D eigenvalue weighted by molar-refractivity contribution is -0.154. The summed E-state index contributed by atoms with van der Waals surface area (Å²) in [5, 5.41) is 0. The Balaban J connectivity index is 1.08. The van der Waals surface area contributed by atoms with Gasteiger partial charge in [-0.1, -0.05) is 57.4 Å². The average Bonchev–Trinajstić information content (AvgIpc) is 3.28. The van der Waals surface area contributed by atoms with E-state index in [1.165, 1.54) is 56.9 Å². The molecule has 1 heterocycles. The number of esters is 1. The lowest BCUT2D eigenvalue weighted by Crippen LogP contribution is -2.47. The fraction of sp³-hybridized carbons (Fsp3) is 0.806. The fourth-order valence-corrected chi connectivity index (χ4v) is 9.38. The number of ether oxygens (including phenoxy) is 1. The number of hydrogen-bond acceptors (Lipinski definition) is 5. The van der Waals surface area contributed by atoms with Crippen LogP contribution in [0.1, 0.15) is 123 Å². The number of amides is 1. The summed E-state index contributed by atoms with van der Waals surface area (Å²) < 4.78 is 5.94. The van der Waals surface area contributed by atoms with E-state index in [1.807, 2.05) is 11.0 Å². The van der Waals surface area contributed by atoms with Gasteiger partial charge in [0.15, 0.2) is 5.78 Å². The SMILES string of the molecule is CC(=O)O[C@H]1CCC2C3CCC4=CC(=O)CCC4=C3[C@@H](CCCCCCCCCCC(=O)N3CCN(C)CC3)C[C@@]21C. The Morgan fingerprint density at radius 1 is 0.905 bits per heavy atom. The number of carbonyl (C=O) groups excluding carboxylic acids is 3. The third kappa shape index (κ3) is 7.22. The lowest BCUT2D eigenvalue weighted by Gasteiger charge is -2.52. The molecule has 3 fully saturated rings. The highest BCUT2D eigenvalue weighted by molar-refractivity contribution is 5.93. The maximum atomic E-state index is 12.4. The maximum absolute atomic E-state index is 12.4. The normalized spacial score (nSPS) is 31.4. The first-order valence-corrected chi connectivity index (χ1v) is 17.4. The zero-order valence-electron chi connectivity index (χ0n) is 26.8. The maximum Gasteiger partial charge on any atom is 0.302 e. The first-order chi connectivity index (χ1) is 20.3. The molecular formula is C36H56N2O4. The Labute approximate surface area is 254 Å². The minimum absolute atomic E-state index is 0.0516. The largest absolute Gasteiger partial charge is 0.462 e. The van der Waals surface area contributed by atoms with E-state index >= 15 is 0 Å². The van der Waals surface area contributed by atoms with Gasteiger partial charge in [-0.15, -0.1) is 0 Å². The van der Waals surface area contributed by atoms with Crippen LogP contribution in [-0.2, 0) is 19.1 Å². The van der Waals surface area contributed by atoms with Crippen molar-refractivity contribution in [2.45, 2.75) is 129 Å². The van der Waals surface area contributed by atoms with Crippen LogP contribution in [0.15, 0.2) is 22.8 Å². The number of fused-ring (bicyclic) bond motifs is 4. The molecule has 2 saturated carbocycles. The molecule has 5 atom stereocenters. The molecule has 1 amide bonds. The van der Waals surface area contributed by atoms with E-state index in [0.717, 1.165) is 71.1 Å². The fourth-order valence-electron chi connectivity index (χ4n) is 9.38. The Morgan fingerprint density at radius 3 is 2.31 bits per heavy atom. The molecular weight excluding hydrogens is 524 g/mol. The summed E-state index contributed by atoms with van der Waals surface area (Å²) in [6, 6.07) is 0. The molecule has 42 heavy (non-hydrogen) atoms. The van der Waals surface area contributed by atoms with Crippen LogP contribution in [0.4, 0.5) is 0 Å². The van der Waals surface area contributed by atoms with Gasteiger partial charge in [-0.25, -0.2) is 0 Å². The highest BCUT2D eigenvalue weighted by atomic mass is 16.5. The number of allylic oxidation sites excluding steroid dienone is 4. The van der Waals surface area contributed by atoms with Crippen LogP contribution in [0.5, 0.6) is 0 Å². The average molecular weight is 581 g/mol. The van der Waals surface area contributed by atoms with Gasteiger partial charge in [0.1, 0.15) is 6.10 Å². The molecule has 0 radical (unpaired) electrons. The number of hydrogen-bond donors (Lipinski definition) is 0. The number of rotatable bonds is 12. The molecule has 0 aromatic carbocycles. The van der Waals surface area contributed by atoms with E-state index < -0.39 is 0 Å². The third-order valence-corrected chi connectivity index (χ3v) is 11.6. The Morgan fingerprint density at radius 2 is 1.60 bits per heavy atom. The van der Waals surface area contributed by atoms with Crippen LogP contribution in [0.2, 0.25) is 0 Å². The number of ketones is 1. The summed E-state index contributed by atoms with van der Waals surface area (Å²) in [6.45, 7) is 7.76. The minimum atomic E-state index is -0.135. The molecule has 0 aromatic rings. The van der Waals surface area contributed by atoms with Crippen LogP contribution >= 0.6 is 0 Å². The summed E-state index contributed by atoms with van der Waals surface area (Å²) in [5.74, 6) is 2.26. The van der Waals surface area contributed by atoms with Crippen molar-refractivity contribution >= 4 is 17.7 Å². The van der Waals surface area contributed by atoms with E-state index in [2.05, 4.69) is 18.9 Å². The first kappa shape index (κ1) is 31.5. The molecule has 5 aliphatic rings. The van der Waals surface area contributed by atoms with Gasteiger partial charge in [0, 0.05) is 51.4 Å². The van der Waals surface area contributed by atoms with Crippen LogP contribution in [-0.4, -0.2) is 66.8 Å². The van der Waals surface area contributed by atoms with Crippen molar-refractivity contribution in [3.8, 4) is 0 Å². The molecule has 4 aliphatic carbocycles.